The van der Waals surface area contributed by atoms with Gasteiger partial charge in [0.25, 0.3) is 0 Å². The van der Waals surface area contributed by atoms with Gasteiger partial charge in [-0.1, -0.05) is 97.3 Å². The van der Waals surface area contributed by atoms with Crippen LogP contribution in [-0.2, 0) is 4.79 Å². The van der Waals surface area contributed by atoms with Crippen molar-refractivity contribution in [3.05, 3.63) is 0 Å². The lowest BCUT2D eigenvalue weighted by atomic mass is 9.91. The second-order valence-corrected chi connectivity index (χ2v) is 6.93. The second-order valence-electron chi connectivity index (χ2n) is 6.93. The van der Waals surface area contributed by atoms with Crippen molar-refractivity contribution in [3.63, 3.8) is 0 Å². The van der Waals surface area contributed by atoms with Crippen molar-refractivity contribution in [1.29, 1.82) is 0 Å². The van der Waals surface area contributed by atoms with Gasteiger partial charge in [-0.05, 0) is 18.8 Å². The molecular formula is C20H40O2. The molecule has 0 heterocycles. The maximum Gasteiger partial charge on any atom is 0.303 e. The van der Waals surface area contributed by atoms with E-state index in [1.807, 2.05) is 0 Å². The van der Waals surface area contributed by atoms with E-state index in [0.29, 0.717) is 12.3 Å². The van der Waals surface area contributed by atoms with E-state index in [9.17, 15) is 4.79 Å². The first-order chi connectivity index (χ1) is 10.7. The fourth-order valence-corrected chi connectivity index (χ4v) is 3.20. The molecule has 0 aliphatic rings. The van der Waals surface area contributed by atoms with Gasteiger partial charge in [0, 0.05) is 6.42 Å². The Morgan fingerprint density at radius 3 is 1.41 bits per heavy atom. The van der Waals surface area contributed by atoms with Crippen molar-refractivity contribution < 1.29 is 9.90 Å². The van der Waals surface area contributed by atoms with Crippen LogP contribution in [0.15, 0.2) is 0 Å². The van der Waals surface area contributed by atoms with Crippen molar-refractivity contribution in [2.24, 2.45) is 5.92 Å². The monoisotopic (exact) mass is 312 g/mol. The molecule has 1 unspecified atom stereocenters. The first-order valence-corrected chi connectivity index (χ1v) is 9.92. The molecule has 0 bridgehead atoms. The molecule has 2 heteroatoms. The molecule has 0 aromatic rings. The smallest absolute Gasteiger partial charge is 0.303 e. The number of aliphatic carboxylic acids is 1. The summed E-state index contributed by atoms with van der Waals surface area (Å²) in [6.07, 6.45) is 19.7. The zero-order valence-corrected chi connectivity index (χ0v) is 15.2. The van der Waals surface area contributed by atoms with Crippen LogP contribution in [0.25, 0.3) is 0 Å². The average Bonchev–Trinajstić information content (AvgIpc) is 2.49. The zero-order chi connectivity index (χ0) is 16.5. The van der Waals surface area contributed by atoms with Crippen LogP contribution in [-0.4, -0.2) is 11.1 Å². The van der Waals surface area contributed by atoms with Crippen molar-refractivity contribution in [1.82, 2.24) is 0 Å². The van der Waals surface area contributed by atoms with Gasteiger partial charge in [0.1, 0.15) is 0 Å². The zero-order valence-electron chi connectivity index (χ0n) is 15.2. The highest BCUT2D eigenvalue weighted by molar-refractivity contribution is 5.66. The molecule has 22 heavy (non-hydrogen) atoms. The predicted octanol–water partition coefficient (Wildman–Crippen LogP) is 6.97. The highest BCUT2D eigenvalue weighted by Crippen LogP contribution is 2.22. The molecule has 0 aromatic carbocycles. The maximum atomic E-state index is 11.0. The lowest BCUT2D eigenvalue weighted by molar-refractivity contribution is -0.138. The van der Waals surface area contributed by atoms with E-state index < -0.39 is 5.97 Å². The second kappa shape index (κ2) is 16.8. The molecule has 132 valence electrons. The Morgan fingerprint density at radius 1 is 0.682 bits per heavy atom. The Kier molecular flexibility index (Phi) is 16.4. The molecule has 0 amide bonds. The number of carbonyl (C=O) groups is 1. The Morgan fingerprint density at radius 2 is 1.05 bits per heavy atom. The Hall–Kier alpha value is -0.530. The first kappa shape index (κ1) is 21.5. The van der Waals surface area contributed by atoms with Gasteiger partial charge in [0.15, 0.2) is 0 Å². The van der Waals surface area contributed by atoms with Crippen molar-refractivity contribution in [3.8, 4) is 0 Å². The summed E-state index contributed by atoms with van der Waals surface area (Å²) < 4.78 is 0. The van der Waals surface area contributed by atoms with E-state index in [4.69, 9.17) is 5.11 Å². The molecular weight excluding hydrogens is 272 g/mol. The fourth-order valence-electron chi connectivity index (χ4n) is 3.20. The summed E-state index contributed by atoms with van der Waals surface area (Å²) in [4.78, 5) is 11.0. The summed E-state index contributed by atoms with van der Waals surface area (Å²) in [6.45, 7) is 4.49. The Labute approximate surface area is 139 Å². The van der Waals surface area contributed by atoms with Crippen LogP contribution in [0.2, 0.25) is 0 Å². The third kappa shape index (κ3) is 15.9. The van der Waals surface area contributed by atoms with Gasteiger partial charge in [-0.25, -0.2) is 0 Å². The molecule has 0 saturated carbocycles. The molecule has 1 atom stereocenters. The molecule has 0 spiro atoms. The molecule has 0 aliphatic carbocycles. The minimum atomic E-state index is -0.612. The summed E-state index contributed by atoms with van der Waals surface area (Å²) >= 11 is 0. The van der Waals surface area contributed by atoms with Crippen molar-refractivity contribution in [2.45, 2.75) is 117 Å². The fraction of sp³-hybridized carbons (Fsp3) is 0.950. The quantitative estimate of drug-likeness (QED) is 0.294. The van der Waals surface area contributed by atoms with Crippen LogP contribution in [0.5, 0.6) is 0 Å². The lowest BCUT2D eigenvalue weighted by Gasteiger charge is -2.14. The van der Waals surface area contributed by atoms with Crippen molar-refractivity contribution in [2.75, 3.05) is 0 Å². The van der Waals surface area contributed by atoms with Crippen LogP contribution in [0.1, 0.15) is 117 Å². The van der Waals surface area contributed by atoms with Crippen LogP contribution in [0.4, 0.5) is 0 Å². The summed E-state index contributed by atoms with van der Waals surface area (Å²) in [6, 6.07) is 0. The molecule has 2 nitrogen and oxygen atoms in total. The third-order valence-corrected chi connectivity index (χ3v) is 4.65. The molecule has 1 N–H and O–H groups in total. The highest BCUT2D eigenvalue weighted by Gasteiger charge is 2.12. The minimum Gasteiger partial charge on any atom is -0.481 e. The van der Waals surface area contributed by atoms with Gasteiger partial charge < -0.3 is 5.11 Å². The van der Waals surface area contributed by atoms with Gasteiger partial charge in [0.05, 0.1) is 0 Å². The molecule has 0 radical (unpaired) electrons. The van der Waals surface area contributed by atoms with Crippen LogP contribution >= 0.6 is 0 Å². The van der Waals surface area contributed by atoms with E-state index in [-0.39, 0.29) is 0 Å². The molecule has 0 aromatic heterocycles. The summed E-state index contributed by atoms with van der Waals surface area (Å²) in [7, 11) is 0. The molecule has 0 rings (SSSR count). The number of hydrogen-bond acceptors (Lipinski definition) is 1. The number of rotatable bonds is 17. The lowest BCUT2D eigenvalue weighted by Crippen LogP contribution is -2.08. The van der Waals surface area contributed by atoms with Crippen LogP contribution in [0, 0.1) is 5.92 Å². The normalized spacial score (nSPS) is 12.5. The maximum absolute atomic E-state index is 11.0. The topological polar surface area (TPSA) is 37.3 Å². The molecule has 0 fully saturated rings. The van der Waals surface area contributed by atoms with Gasteiger partial charge in [0.2, 0.25) is 0 Å². The minimum absolute atomic E-state index is 0.380. The average molecular weight is 313 g/mol. The Bertz CT molecular complexity index is 238. The number of unbranched alkanes of at least 4 members (excludes halogenated alkanes) is 11. The first-order valence-electron chi connectivity index (χ1n) is 9.92. The summed E-state index contributed by atoms with van der Waals surface area (Å²) in [5, 5.41) is 9.06. The highest BCUT2D eigenvalue weighted by atomic mass is 16.4. The SMILES string of the molecule is CCCCCCCCCC(CCCCCCCC)CC(=O)O. The van der Waals surface area contributed by atoms with Gasteiger partial charge >= 0.3 is 5.97 Å². The van der Waals surface area contributed by atoms with E-state index in [0.717, 1.165) is 12.8 Å². The van der Waals surface area contributed by atoms with E-state index >= 15 is 0 Å². The molecule has 0 saturated heterocycles. The summed E-state index contributed by atoms with van der Waals surface area (Å²) in [5.41, 5.74) is 0. The number of carboxylic acid groups (broad SMARTS) is 1. The van der Waals surface area contributed by atoms with Crippen LogP contribution < -0.4 is 0 Å². The van der Waals surface area contributed by atoms with Crippen LogP contribution in [0.3, 0.4) is 0 Å². The van der Waals surface area contributed by atoms with Gasteiger partial charge in [-0.15, -0.1) is 0 Å². The largest absolute Gasteiger partial charge is 0.481 e. The third-order valence-electron chi connectivity index (χ3n) is 4.65. The van der Waals surface area contributed by atoms with E-state index in [1.165, 1.54) is 83.5 Å². The number of hydrogen-bond donors (Lipinski definition) is 1. The van der Waals surface area contributed by atoms with E-state index in [2.05, 4.69) is 13.8 Å². The summed E-state index contributed by atoms with van der Waals surface area (Å²) in [5.74, 6) is -0.196. The van der Waals surface area contributed by atoms with Crippen molar-refractivity contribution >= 4 is 5.97 Å². The van der Waals surface area contributed by atoms with E-state index in [1.54, 1.807) is 0 Å². The standard InChI is InChI=1S/C20H40O2/c1-3-5-7-9-11-13-15-17-19(18-20(21)22)16-14-12-10-8-6-4-2/h19H,3-18H2,1-2H3,(H,21,22). The van der Waals surface area contributed by atoms with Gasteiger partial charge in [-0.2, -0.15) is 0 Å². The molecule has 0 aliphatic heterocycles. The Balaban J connectivity index is 3.63. The van der Waals surface area contributed by atoms with Gasteiger partial charge in [-0.3, -0.25) is 4.79 Å². The number of carboxylic acids is 1. The predicted molar refractivity (Wildman–Crippen MR) is 96.3 cm³/mol.